The number of carbonyl (C=O) groups excluding carboxylic acids is 1. The summed E-state index contributed by atoms with van der Waals surface area (Å²) >= 11 is -1.64. The number of nitrogens with two attached hydrogens (primary N) is 1. The smallest absolute Gasteiger partial charge is 0.305 e. The van der Waals surface area contributed by atoms with E-state index in [0.29, 0.717) is 13.0 Å². The molecule has 1 unspecified atom stereocenters. The van der Waals surface area contributed by atoms with E-state index in [0.717, 1.165) is 57.5 Å². The van der Waals surface area contributed by atoms with Gasteiger partial charge < -0.3 is 14.5 Å². The molecule has 0 aliphatic carbocycles. The minimum absolute atomic E-state index is 0.0173. The van der Waals surface area contributed by atoms with Gasteiger partial charge in [0.25, 0.3) is 0 Å². The Kier molecular flexibility index (Phi) is 28.8. The topological polar surface area (TPSA) is 88.2 Å². The Balaban J connectivity index is 4.08. The lowest BCUT2D eigenvalue weighted by molar-refractivity contribution is -0.143. The van der Waals surface area contributed by atoms with Crippen molar-refractivity contribution < 1.29 is 13.7 Å². The first kappa shape index (κ1) is 39.0. The van der Waals surface area contributed by atoms with Gasteiger partial charge in [-0.25, -0.2) is 9.35 Å². The zero-order valence-corrected chi connectivity index (χ0v) is 27.8. The molecule has 0 heterocycles. The maximum Gasteiger partial charge on any atom is 0.305 e. The number of carbonyl (C=O) groups is 1. The summed E-state index contributed by atoms with van der Waals surface area (Å²) in [6.45, 7) is 8.53. The zero-order valence-electron chi connectivity index (χ0n) is 26.9. The molecule has 0 aliphatic heterocycles. The van der Waals surface area contributed by atoms with Gasteiger partial charge in [-0.3, -0.25) is 4.79 Å². The lowest BCUT2D eigenvalue weighted by atomic mass is 10.1. The van der Waals surface area contributed by atoms with Crippen LogP contribution in [0.25, 0.3) is 0 Å². The van der Waals surface area contributed by atoms with E-state index in [4.69, 9.17) is 9.88 Å². The van der Waals surface area contributed by atoms with Crippen molar-refractivity contribution in [3.63, 3.8) is 0 Å². The van der Waals surface area contributed by atoms with Gasteiger partial charge in [0, 0.05) is 26.9 Å². The number of hydrogen-bond donors (Lipinski definition) is 1. The Bertz CT molecular complexity index is 631. The Morgan fingerprint density at radius 3 is 1.57 bits per heavy atom. The molecule has 0 fully saturated rings. The molecule has 0 spiro atoms. The summed E-state index contributed by atoms with van der Waals surface area (Å²) in [7, 11) is 3.85. The van der Waals surface area contributed by atoms with Gasteiger partial charge in [-0.15, -0.1) is 0 Å². The van der Waals surface area contributed by atoms with Gasteiger partial charge in [0.15, 0.2) is 0 Å². The minimum Gasteiger partial charge on any atom is -0.466 e. The van der Waals surface area contributed by atoms with E-state index in [1.807, 2.05) is 19.0 Å². The summed E-state index contributed by atoms with van der Waals surface area (Å²) in [6, 6.07) is 0. The molecule has 0 aromatic rings. The summed E-state index contributed by atoms with van der Waals surface area (Å²) in [5.74, 6) is 0.793. The van der Waals surface area contributed by atoms with Crippen molar-refractivity contribution >= 4 is 23.0 Å². The molecule has 2 N–H and O–H groups in total. The Hall–Kier alpha value is -0.990. The van der Waals surface area contributed by atoms with Crippen LogP contribution in [0.3, 0.4) is 0 Å². The Morgan fingerprint density at radius 1 is 0.650 bits per heavy atom. The van der Waals surface area contributed by atoms with Gasteiger partial charge in [-0.1, -0.05) is 104 Å². The highest BCUT2D eigenvalue weighted by molar-refractivity contribution is 7.81. The number of esters is 1. The van der Waals surface area contributed by atoms with Crippen LogP contribution in [0, 0.1) is 0 Å². The molecule has 0 saturated carbocycles. The van der Waals surface area contributed by atoms with Crippen LogP contribution in [-0.2, 0) is 20.7 Å². The molecule has 0 aromatic carbocycles. The van der Waals surface area contributed by atoms with Crippen LogP contribution in [0.4, 0.5) is 0 Å². The van der Waals surface area contributed by atoms with Gasteiger partial charge in [-0.05, 0) is 58.2 Å². The largest absolute Gasteiger partial charge is 0.466 e. The molecular weight excluding hydrogens is 520 g/mol. The second-order valence-corrected chi connectivity index (χ2v) is 12.3. The van der Waals surface area contributed by atoms with Crippen LogP contribution in [0.2, 0.25) is 0 Å². The normalized spacial score (nSPS) is 12.7. The Labute approximate surface area is 251 Å². The van der Waals surface area contributed by atoms with Gasteiger partial charge >= 0.3 is 5.97 Å². The first-order chi connectivity index (χ1) is 19.4. The highest BCUT2D eigenvalue weighted by Gasteiger charge is 2.08. The summed E-state index contributed by atoms with van der Waals surface area (Å²) in [5, 5.41) is 5.37. The lowest BCUT2D eigenvalue weighted by Crippen LogP contribution is -2.28. The molecule has 0 amide bonds. The standard InChI is InChI=1S/C32H66N4O3S/c1-5-7-9-11-13-18-24-30-39-32(37)26-19-15-14-17-22-28-36(27-21-16-12-10-8-6-2)29-23-20-25-31(35(3)4)34-40(33)38/h5-30,33H2,1-4H3/b34-31-. The maximum atomic E-state index is 12.0. The first-order valence-corrected chi connectivity index (χ1v) is 17.9. The summed E-state index contributed by atoms with van der Waals surface area (Å²) in [6.07, 6.45) is 25.9. The van der Waals surface area contributed by atoms with E-state index in [1.165, 1.54) is 103 Å². The molecule has 0 aromatic heterocycles. The van der Waals surface area contributed by atoms with E-state index in [-0.39, 0.29) is 5.97 Å². The lowest BCUT2D eigenvalue weighted by Gasteiger charge is -2.23. The highest BCUT2D eigenvalue weighted by atomic mass is 32.2. The summed E-state index contributed by atoms with van der Waals surface area (Å²) < 4.78 is 20.8. The SMILES string of the molecule is CCCCCCCCCOC(=O)CCCCCCCN(CCCCCCCC)CCCC/C(=N/S(N)=O)N(C)C. The van der Waals surface area contributed by atoms with Crippen molar-refractivity contribution in [3.05, 3.63) is 0 Å². The number of nitrogens with zero attached hydrogens (tertiary/aromatic N) is 3. The third-order valence-electron chi connectivity index (χ3n) is 7.53. The predicted octanol–water partition coefficient (Wildman–Crippen LogP) is 7.95. The third-order valence-corrected chi connectivity index (χ3v) is 7.92. The number of hydrogen-bond acceptors (Lipinski definition) is 4. The first-order valence-electron chi connectivity index (χ1n) is 16.7. The van der Waals surface area contributed by atoms with Crippen LogP contribution in [0.1, 0.15) is 155 Å². The van der Waals surface area contributed by atoms with Crippen LogP contribution in [0.5, 0.6) is 0 Å². The van der Waals surface area contributed by atoms with Crippen molar-refractivity contribution in [1.29, 1.82) is 0 Å². The minimum atomic E-state index is -1.64. The molecule has 40 heavy (non-hydrogen) atoms. The second-order valence-electron chi connectivity index (χ2n) is 11.6. The number of unbranched alkanes of at least 4 members (excludes halogenated alkanes) is 16. The molecule has 8 heteroatoms. The highest BCUT2D eigenvalue weighted by Crippen LogP contribution is 2.12. The monoisotopic (exact) mass is 586 g/mol. The van der Waals surface area contributed by atoms with Gasteiger partial charge in [0.2, 0.25) is 11.2 Å². The molecular formula is C32H66N4O3S. The van der Waals surface area contributed by atoms with E-state index in [9.17, 15) is 9.00 Å². The Morgan fingerprint density at radius 2 is 1.07 bits per heavy atom. The van der Waals surface area contributed by atoms with E-state index in [1.54, 1.807) is 0 Å². The van der Waals surface area contributed by atoms with Crippen molar-refractivity contribution in [2.45, 2.75) is 155 Å². The molecule has 0 radical (unpaired) electrons. The van der Waals surface area contributed by atoms with Gasteiger partial charge in [-0.2, -0.15) is 4.40 Å². The van der Waals surface area contributed by atoms with Crippen LogP contribution < -0.4 is 5.14 Å². The molecule has 238 valence electrons. The molecule has 0 aliphatic rings. The number of amidine groups is 1. The molecule has 7 nitrogen and oxygen atoms in total. The van der Waals surface area contributed by atoms with Crippen molar-refractivity contribution in [1.82, 2.24) is 9.80 Å². The van der Waals surface area contributed by atoms with E-state index in [2.05, 4.69) is 23.1 Å². The molecule has 0 rings (SSSR count). The van der Waals surface area contributed by atoms with Crippen molar-refractivity contribution in [2.24, 2.45) is 9.54 Å². The molecule has 0 bridgehead atoms. The molecule has 0 saturated heterocycles. The predicted molar refractivity (Wildman–Crippen MR) is 174 cm³/mol. The number of rotatable bonds is 29. The fourth-order valence-electron chi connectivity index (χ4n) is 4.98. The van der Waals surface area contributed by atoms with Gasteiger partial charge in [0.1, 0.15) is 5.84 Å². The van der Waals surface area contributed by atoms with Crippen LogP contribution in [-0.4, -0.2) is 66.2 Å². The zero-order chi connectivity index (χ0) is 29.7. The van der Waals surface area contributed by atoms with Crippen molar-refractivity contribution in [3.8, 4) is 0 Å². The van der Waals surface area contributed by atoms with E-state index >= 15 is 0 Å². The average molecular weight is 587 g/mol. The fraction of sp³-hybridized carbons (Fsp3) is 0.938. The number of ether oxygens (including phenoxy) is 1. The summed E-state index contributed by atoms with van der Waals surface area (Å²) in [4.78, 5) is 16.5. The third kappa shape index (κ3) is 27.2. The average Bonchev–Trinajstić information content (AvgIpc) is 2.92. The van der Waals surface area contributed by atoms with Crippen LogP contribution in [0.15, 0.2) is 4.40 Å². The maximum absolute atomic E-state index is 12.0. The van der Waals surface area contributed by atoms with Gasteiger partial charge in [0.05, 0.1) is 6.61 Å². The van der Waals surface area contributed by atoms with Crippen LogP contribution >= 0.6 is 0 Å². The summed E-state index contributed by atoms with van der Waals surface area (Å²) in [5.41, 5.74) is 0. The van der Waals surface area contributed by atoms with Crippen molar-refractivity contribution in [2.75, 3.05) is 40.3 Å². The molecule has 1 atom stereocenters. The second kappa shape index (κ2) is 29.5. The quantitative estimate of drug-likeness (QED) is 0.0416. The van der Waals surface area contributed by atoms with E-state index < -0.39 is 11.2 Å². The fourth-order valence-corrected chi connectivity index (χ4v) is 5.44.